The van der Waals surface area contributed by atoms with E-state index in [1.165, 1.54) is 6.07 Å². The highest BCUT2D eigenvalue weighted by molar-refractivity contribution is 6.33. The summed E-state index contributed by atoms with van der Waals surface area (Å²) in [5.41, 5.74) is 8.85. The first-order chi connectivity index (χ1) is 40.0. The summed E-state index contributed by atoms with van der Waals surface area (Å²) in [4.78, 5) is 47.3. The van der Waals surface area contributed by atoms with E-state index >= 15 is 4.39 Å². The van der Waals surface area contributed by atoms with E-state index in [1.54, 1.807) is 40.4 Å². The molecular formula is C62H66ClFN12O6. The second kappa shape index (κ2) is 22.6. The van der Waals surface area contributed by atoms with Crippen LogP contribution < -0.4 is 25.0 Å². The first-order valence-corrected chi connectivity index (χ1v) is 29.2. The Morgan fingerprint density at radius 3 is 2.41 bits per heavy atom. The van der Waals surface area contributed by atoms with E-state index in [1.807, 2.05) is 69.3 Å². The minimum absolute atomic E-state index is 0.112. The fraction of sp³-hybridized carbons (Fsp3) is 0.419. The molecule has 4 saturated heterocycles. The van der Waals surface area contributed by atoms with Crippen LogP contribution in [0, 0.1) is 18.7 Å². The maximum atomic E-state index is 16.2. The molecule has 20 heteroatoms. The Balaban J connectivity index is 0.779. The molecule has 18 nitrogen and oxygen atoms in total. The number of aromatic nitrogens is 8. The van der Waals surface area contributed by atoms with Crippen LogP contribution in [-0.4, -0.2) is 126 Å². The maximum Gasteiger partial charge on any atom is 0.319 e. The minimum atomic E-state index is -0.739. The van der Waals surface area contributed by atoms with E-state index in [9.17, 15) is 14.7 Å². The van der Waals surface area contributed by atoms with Crippen molar-refractivity contribution in [1.29, 1.82) is 0 Å². The van der Waals surface area contributed by atoms with Gasteiger partial charge < -0.3 is 39.8 Å². The van der Waals surface area contributed by atoms with Gasteiger partial charge >= 0.3 is 6.01 Å². The molecule has 5 aliphatic rings. The summed E-state index contributed by atoms with van der Waals surface area (Å²) in [7, 11) is 0. The number of likely N-dealkylation sites (tertiary alicyclic amines) is 1. The molecule has 8 heterocycles. The number of fused-ring (bicyclic) bond motifs is 4. The van der Waals surface area contributed by atoms with Crippen molar-refractivity contribution in [2.75, 3.05) is 44.4 Å². The van der Waals surface area contributed by atoms with Gasteiger partial charge in [-0.15, -0.1) is 5.10 Å². The molecule has 5 atom stereocenters. The number of anilines is 1. The van der Waals surface area contributed by atoms with Crippen LogP contribution in [0.3, 0.4) is 0 Å². The van der Waals surface area contributed by atoms with Crippen molar-refractivity contribution in [3.8, 4) is 45.3 Å². The third kappa shape index (κ3) is 10.5. The molecule has 5 unspecified atom stereocenters. The zero-order valence-electron chi connectivity index (χ0n) is 46.2. The summed E-state index contributed by atoms with van der Waals surface area (Å²) in [6.07, 6.45) is 13.5. The number of piperazine rings is 1. The summed E-state index contributed by atoms with van der Waals surface area (Å²) in [5, 5.41) is 36.0. The Hall–Kier alpha value is -7.58. The number of aliphatic hydroxyl groups is 1. The van der Waals surface area contributed by atoms with Crippen LogP contribution in [0.5, 0.6) is 11.8 Å². The Bertz CT molecular complexity index is 3670. The first-order valence-electron chi connectivity index (χ1n) is 28.8. The fourth-order valence-electron chi connectivity index (χ4n) is 12.7. The van der Waals surface area contributed by atoms with E-state index in [0.717, 1.165) is 107 Å². The summed E-state index contributed by atoms with van der Waals surface area (Å²) in [5.74, 6) is 0.479. The smallest absolute Gasteiger partial charge is 0.319 e. The number of carbonyl (C=O) groups is 2. The number of rotatable bonds is 17. The number of nitrogens with one attached hydrogen (secondary N) is 3. The standard InChI is InChI=1S/C62H66ClFN12O6/c1-34(2)57(61(79)75-22-4-5-53(75)60(78)68-52(32-77)40-14-12-38(13-15-40)46-27-65-21-18-48(46)63)76-31-51(72-73-76)39-8-6-36(7-9-39)33-81-58-55(54-35(3)49(64)26-50-47(54)28-66-71-50)44(37-10-11-37)25-45-56(58)69-62(82-43-19-23-80-24-20-43)70-59(45)74-29-41-16-17-42(30-74)67-41/h6-9,12-15,18,21,25-28,31,34,37,41-43,52-53,57,67,77H,4-5,10-11,16-17,19-20,22-24,29-30,32-33H2,1-3H3,(H,66,71)(H,68,78). The van der Waals surface area contributed by atoms with E-state index in [-0.39, 0.29) is 54.8 Å². The molecule has 4 N–H and O–H groups in total. The average molecular weight is 1130 g/mol. The SMILES string of the molecule is Cc1c(F)cc2[nH]ncc2c1-c1c(C2CC2)cc2c(N3CC4CCC(C3)N4)nc(OC3CCOCC3)nc2c1OCc1ccc(-c2cn(C(C(=O)N3CCCC3C(=O)NC(CO)c3ccc(-c4cnccc4Cl)cc3)C(C)C)nn2)cc1. The molecule has 0 spiro atoms. The molecule has 8 aromatic rings. The zero-order chi connectivity index (χ0) is 56.2. The monoisotopic (exact) mass is 1130 g/mol. The van der Waals surface area contributed by atoms with Crippen molar-refractivity contribution >= 4 is 51.0 Å². The van der Waals surface area contributed by atoms with Gasteiger partial charge in [-0.25, -0.2) is 9.07 Å². The number of aromatic amines is 1. The second-order valence-electron chi connectivity index (χ2n) is 23.0. The highest BCUT2D eigenvalue weighted by atomic mass is 35.5. The number of ether oxygens (including phenoxy) is 3. The Labute approximate surface area is 479 Å². The third-order valence-electron chi connectivity index (χ3n) is 17.1. The zero-order valence-corrected chi connectivity index (χ0v) is 46.9. The molecule has 4 aromatic carbocycles. The van der Waals surface area contributed by atoms with Crippen LogP contribution in [0.4, 0.5) is 10.2 Å². The number of aliphatic hydroxyl groups excluding tert-OH is 1. The van der Waals surface area contributed by atoms with Crippen molar-refractivity contribution in [1.82, 2.24) is 55.7 Å². The van der Waals surface area contributed by atoms with Gasteiger partial charge in [-0.1, -0.05) is 79.2 Å². The van der Waals surface area contributed by atoms with Crippen LogP contribution in [0.15, 0.2) is 91.5 Å². The number of H-pyrrole nitrogens is 1. The Morgan fingerprint density at radius 1 is 0.915 bits per heavy atom. The molecule has 0 radical (unpaired) electrons. The lowest BCUT2D eigenvalue weighted by molar-refractivity contribution is -0.142. The molecule has 1 saturated carbocycles. The highest BCUT2D eigenvalue weighted by Gasteiger charge is 2.41. The number of nitrogens with zero attached hydrogens (tertiary/aromatic N) is 9. The van der Waals surface area contributed by atoms with E-state index in [4.69, 9.17) is 35.8 Å². The van der Waals surface area contributed by atoms with Crippen molar-refractivity contribution in [2.24, 2.45) is 5.92 Å². The summed E-state index contributed by atoms with van der Waals surface area (Å²) >= 11 is 6.41. The molecule has 2 amide bonds. The molecule has 5 fully saturated rings. The number of hydrogen-bond donors (Lipinski definition) is 4. The topological polar surface area (TPSA) is 211 Å². The van der Waals surface area contributed by atoms with Crippen molar-refractivity contribution in [3.05, 3.63) is 125 Å². The van der Waals surface area contributed by atoms with Crippen molar-refractivity contribution < 1.29 is 33.3 Å². The normalized spacial score (nSPS) is 20.0. The quantitative estimate of drug-likeness (QED) is 0.0669. The number of amides is 2. The number of pyridine rings is 1. The minimum Gasteiger partial charge on any atom is -0.486 e. The Morgan fingerprint density at radius 2 is 1.68 bits per heavy atom. The number of carbonyl (C=O) groups excluding carboxylic acids is 2. The lowest BCUT2D eigenvalue weighted by Crippen LogP contribution is -2.51. The predicted molar refractivity (Wildman–Crippen MR) is 309 cm³/mol. The molecule has 424 valence electrons. The van der Waals surface area contributed by atoms with E-state index < -0.39 is 18.1 Å². The van der Waals surface area contributed by atoms with E-state index in [2.05, 4.69) is 47.1 Å². The van der Waals surface area contributed by atoms with Crippen molar-refractivity contribution in [2.45, 2.75) is 121 Å². The molecule has 82 heavy (non-hydrogen) atoms. The van der Waals surface area contributed by atoms with Gasteiger partial charge in [-0.05, 0) is 103 Å². The number of benzene rings is 4. The van der Waals surface area contributed by atoms with Gasteiger partial charge in [0, 0.05) is 90.0 Å². The van der Waals surface area contributed by atoms with Crippen LogP contribution in [0.1, 0.15) is 105 Å². The number of halogens is 2. The lowest BCUT2D eigenvalue weighted by atomic mass is 9.88. The van der Waals surface area contributed by atoms with Gasteiger partial charge in [0.05, 0.1) is 48.8 Å². The van der Waals surface area contributed by atoms with Gasteiger partial charge in [-0.2, -0.15) is 15.1 Å². The predicted octanol–water partition coefficient (Wildman–Crippen LogP) is 9.59. The van der Waals surface area contributed by atoms with Crippen LogP contribution in [0.2, 0.25) is 5.02 Å². The summed E-state index contributed by atoms with van der Waals surface area (Å²) in [6.45, 7) is 8.76. The molecule has 13 rings (SSSR count). The molecule has 2 bridgehead atoms. The van der Waals surface area contributed by atoms with Gasteiger partial charge in [-0.3, -0.25) is 19.7 Å². The number of hydrogen-bond acceptors (Lipinski definition) is 14. The largest absolute Gasteiger partial charge is 0.486 e. The summed E-state index contributed by atoms with van der Waals surface area (Å²) in [6, 6.07) is 19.6. The molecule has 4 aliphatic heterocycles. The third-order valence-corrected chi connectivity index (χ3v) is 17.5. The molecular weight excluding hydrogens is 1060 g/mol. The maximum absolute atomic E-state index is 16.2. The van der Waals surface area contributed by atoms with Crippen LogP contribution in [-0.2, 0) is 20.9 Å². The second-order valence-corrected chi connectivity index (χ2v) is 23.4. The van der Waals surface area contributed by atoms with E-state index in [0.29, 0.717) is 83.3 Å². The van der Waals surface area contributed by atoms with Crippen LogP contribution >= 0.6 is 11.6 Å². The molecule has 4 aromatic heterocycles. The highest BCUT2D eigenvalue weighted by Crippen LogP contribution is 2.53. The first kappa shape index (κ1) is 53.7. The van der Waals surface area contributed by atoms with Gasteiger partial charge in [0.2, 0.25) is 11.8 Å². The van der Waals surface area contributed by atoms with Gasteiger partial charge in [0.1, 0.15) is 47.6 Å². The van der Waals surface area contributed by atoms with Gasteiger partial charge in [0.25, 0.3) is 0 Å². The van der Waals surface area contributed by atoms with Crippen LogP contribution in [0.25, 0.3) is 55.3 Å². The van der Waals surface area contributed by atoms with Gasteiger partial charge in [0.15, 0.2) is 5.75 Å². The fourth-order valence-corrected chi connectivity index (χ4v) is 12.9. The Kier molecular flexibility index (Phi) is 14.8. The average Bonchev–Trinajstić information content (AvgIpc) is 1.92. The molecule has 1 aliphatic carbocycles. The summed E-state index contributed by atoms with van der Waals surface area (Å²) < 4.78 is 37.3. The lowest BCUT2D eigenvalue weighted by Gasteiger charge is -2.35. The van der Waals surface area contributed by atoms with Crippen molar-refractivity contribution in [3.63, 3.8) is 0 Å².